The maximum atomic E-state index is 14.0. The topological polar surface area (TPSA) is 86.8 Å². The van der Waals surface area contributed by atoms with E-state index >= 15 is 0 Å². The van der Waals surface area contributed by atoms with Gasteiger partial charge in [-0.1, -0.05) is 66.9 Å². The molecule has 0 spiro atoms. The average Bonchev–Trinajstić information content (AvgIpc) is 2.92. The second-order valence-corrected chi connectivity index (χ2v) is 11.9. The first kappa shape index (κ1) is 30.5. The van der Waals surface area contributed by atoms with Crippen LogP contribution >= 0.6 is 23.2 Å². The standard InChI is InChI=1S/C29H33Cl2N3O4S/c1-4-18-32-29(36)27(5-2)33(19-22-8-10-23(30)11-9-22)28(35)20-34(25-14-12-24(31)13-15-25)39(37,38)26-16-6-21(3)7-17-26/h6-17,27H,4-5,18-20H2,1-3H3,(H,32,36)/t27-/m1/s1. The highest BCUT2D eigenvalue weighted by Gasteiger charge is 2.33. The van der Waals surface area contributed by atoms with E-state index in [1.807, 2.05) is 20.8 Å². The zero-order valence-electron chi connectivity index (χ0n) is 22.2. The molecule has 1 atom stereocenters. The summed E-state index contributed by atoms with van der Waals surface area (Å²) in [4.78, 5) is 28.5. The number of benzene rings is 3. The molecule has 0 saturated heterocycles. The van der Waals surface area contributed by atoms with Gasteiger partial charge in [0.2, 0.25) is 11.8 Å². The zero-order valence-corrected chi connectivity index (χ0v) is 24.6. The van der Waals surface area contributed by atoms with Crippen molar-refractivity contribution in [1.82, 2.24) is 10.2 Å². The lowest BCUT2D eigenvalue weighted by Crippen LogP contribution is -2.52. The lowest BCUT2D eigenvalue weighted by Gasteiger charge is -2.33. The molecule has 3 aromatic rings. The fourth-order valence-corrected chi connectivity index (χ4v) is 5.71. The quantitative estimate of drug-likeness (QED) is 0.288. The van der Waals surface area contributed by atoms with Gasteiger partial charge in [0.05, 0.1) is 10.6 Å². The van der Waals surface area contributed by atoms with Crippen molar-refractivity contribution in [2.45, 2.75) is 51.1 Å². The number of carbonyl (C=O) groups excluding carboxylic acids is 2. The van der Waals surface area contributed by atoms with E-state index in [-0.39, 0.29) is 23.0 Å². The number of rotatable bonds is 12. The number of anilines is 1. The van der Waals surface area contributed by atoms with Gasteiger partial charge in [-0.15, -0.1) is 0 Å². The van der Waals surface area contributed by atoms with Gasteiger partial charge < -0.3 is 10.2 Å². The number of halogens is 2. The summed E-state index contributed by atoms with van der Waals surface area (Å²) in [5.74, 6) is -0.810. The van der Waals surface area contributed by atoms with Gasteiger partial charge in [0.15, 0.2) is 0 Å². The molecule has 10 heteroatoms. The molecule has 0 aliphatic rings. The first-order valence-electron chi connectivity index (χ1n) is 12.7. The van der Waals surface area contributed by atoms with Crippen LogP contribution in [0.2, 0.25) is 10.0 Å². The number of hydrogen-bond donors (Lipinski definition) is 1. The Morgan fingerprint density at radius 3 is 1.97 bits per heavy atom. The predicted molar refractivity (Wildman–Crippen MR) is 157 cm³/mol. The Morgan fingerprint density at radius 1 is 0.872 bits per heavy atom. The molecule has 39 heavy (non-hydrogen) atoms. The van der Waals surface area contributed by atoms with E-state index in [0.717, 1.165) is 21.9 Å². The van der Waals surface area contributed by atoms with Gasteiger partial charge in [0, 0.05) is 23.1 Å². The number of amides is 2. The normalized spacial score (nSPS) is 12.0. The van der Waals surface area contributed by atoms with Crippen LogP contribution in [0.15, 0.2) is 77.7 Å². The van der Waals surface area contributed by atoms with Crippen molar-refractivity contribution >= 4 is 50.7 Å². The van der Waals surface area contributed by atoms with Gasteiger partial charge in [-0.2, -0.15) is 0 Å². The molecule has 1 N–H and O–H groups in total. The first-order chi connectivity index (χ1) is 18.6. The lowest BCUT2D eigenvalue weighted by molar-refractivity contribution is -0.140. The van der Waals surface area contributed by atoms with Gasteiger partial charge in [-0.05, 0) is 73.9 Å². The van der Waals surface area contributed by atoms with Crippen LogP contribution in [0.5, 0.6) is 0 Å². The fraction of sp³-hybridized carbons (Fsp3) is 0.310. The molecule has 0 aromatic heterocycles. The van der Waals surface area contributed by atoms with E-state index in [4.69, 9.17) is 23.2 Å². The summed E-state index contributed by atoms with van der Waals surface area (Å²) in [5.41, 5.74) is 1.94. The molecule has 0 heterocycles. The Kier molecular flexibility index (Phi) is 10.8. The second kappa shape index (κ2) is 13.8. The van der Waals surface area contributed by atoms with Crippen LogP contribution in [0.1, 0.15) is 37.8 Å². The number of nitrogens with one attached hydrogen (secondary N) is 1. The molecular weight excluding hydrogens is 557 g/mol. The molecule has 0 saturated carbocycles. The Hall–Kier alpha value is -3.07. The molecule has 0 aliphatic carbocycles. The number of nitrogens with zero attached hydrogens (tertiary/aromatic N) is 2. The van der Waals surface area contributed by atoms with Crippen LogP contribution in [0.25, 0.3) is 0 Å². The van der Waals surface area contributed by atoms with Crippen molar-refractivity contribution in [1.29, 1.82) is 0 Å². The van der Waals surface area contributed by atoms with Crippen LogP contribution in [0.3, 0.4) is 0 Å². The van der Waals surface area contributed by atoms with Crippen LogP contribution in [0, 0.1) is 6.92 Å². The van der Waals surface area contributed by atoms with E-state index in [2.05, 4.69) is 5.32 Å². The van der Waals surface area contributed by atoms with Crippen molar-refractivity contribution in [3.63, 3.8) is 0 Å². The third-order valence-corrected chi connectivity index (χ3v) is 8.50. The van der Waals surface area contributed by atoms with Crippen molar-refractivity contribution in [2.24, 2.45) is 0 Å². The Labute approximate surface area is 240 Å². The average molecular weight is 591 g/mol. The Bertz CT molecular complexity index is 1360. The summed E-state index contributed by atoms with van der Waals surface area (Å²) in [5, 5.41) is 3.84. The number of aryl methyl sites for hydroxylation is 1. The van der Waals surface area contributed by atoms with Crippen molar-refractivity contribution in [2.75, 3.05) is 17.4 Å². The molecule has 7 nitrogen and oxygen atoms in total. The van der Waals surface area contributed by atoms with Crippen molar-refractivity contribution in [3.8, 4) is 0 Å². The number of carbonyl (C=O) groups is 2. The summed E-state index contributed by atoms with van der Waals surface area (Å²) in [7, 11) is -4.13. The van der Waals surface area contributed by atoms with E-state index in [9.17, 15) is 18.0 Å². The maximum Gasteiger partial charge on any atom is 0.264 e. The number of sulfonamides is 1. The van der Waals surface area contributed by atoms with E-state index in [1.54, 1.807) is 60.7 Å². The minimum absolute atomic E-state index is 0.0489. The highest BCUT2D eigenvalue weighted by atomic mass is 35.5. The third kappa shape index (κ3) is 7.97. The molecule has 3 rings (SSSR count). The summed E-state index contributed by atoms with van der Waals surface area (Å²) < 4.78 is 28.7. The molecule has 208 valence electrons. The molecular formula is C29H33Cl2N3O4S. The van der Waals surface area contributed by atoms with Gasteiger partial charge in [-0.3, -0.25) is 13.9 Å². The molecule has 3 aromatic carbocycles. The lowest BCUT2D eigenvalue weighted by atomic mass is 10.1. The molecule has 0 fully saturated rings. The summed E-state index contributed by atoms with van der Waals surface area (Å²) in [6, 6.07) is 18.8. The highest BCUT2D eigenvalue weighted by molar-refractivity contribution is 7.92. The molecule has 0 unspecified atom stereocenters. The highest BCUT2D eigenvalue weighted by Crippen LogP contribution is 2.26. The Morgan fingerprint density at radius 2 is 1.44 bits per heavy atom. The molecule has 0 aliphatic heterocycles. The molecule has 0 bridgehead atoms. The monoisotopic (exact) mass is 589 g/mol. The van der Waals surface area contributed by atoms with Crippen molar-refractivity contribution < 1.29 is 18.0 Å². The minimum atomic E-state index is -4.13. The second-order valence-electron chi connectivity index (χ2n) is 9.16. The zero-order chi connectivity index (χ0) is 28.6. The predicted octanol–water partition coefficient (Wildman–Crippen LogP) is 5.83. The van der Waals surface area contributed by atoms with Gasteiger partial charge in [-0.25, -0.2) is 8.42 Å². The molecule has 2 amide bonds. The van der Waals surface area contributed by atoms with Gasteiger partial charge >= 0.3 is 0 Å². The molecule has 0 radical (unpaired) electrons. The van der Waals surface area contributed by atoms with E-state index < -0.39 is 28.5 Å². The third-order valence-electron chi connectivity index (χ3n) is 6.20. The van der Waals surface area contributed by atoms with E-state index in [0.29, 0.717) is 23.0 Å². The number of hydrogen-bond acceptors (Lipinski definition) is 4. The van der Waals surface area contributed by atoms with Crippen LogP contribution in [0.4, 0.5) is 5.69 Å². The summed E-state index contributed by atoms with van der Waals surface area (Å²) in [6.07, 6.45) is 1.09. The minimum Gasteiger partial charge on any atom is -0.354 e. The maximum absolute atomic E-state index is 14.0. The largest absolute Gasteiger partial charge is 0.354 e. The van der Waals surface area contributed by atoms with Crippen LogP contribution in [-0.2, 0) is 26.2 Å². The van der Waals surface area contributed by atoms with Gasteiger partial charge in [0.1, 0.15) is 12.6 Å². The van der Waals surface area contributed by atoms with Crippen LogP contribution in [-0.4, -0.2) is 44.3 Å². The van der Waals surface area contributed by atoms with Gasteiger partial charge in [0.25, 0.3) is 10.0 Å². The summed E-state index contributed by atoms with van der Waals surface area (Å²) >= 11 is 12.1. The first-order valence-corrected chi connectivity index (χ1v) is 14.9. The SMILES string of the molecule is CCCNC(=O)[C@@H](CC)N(Cc1ccc(Cl)cc1)C(=O)CN(c1ccc(Cl)cc1)S(=O)(=O)c1ccc(C)cc1. The van der Waals surface area contributed by atoms with E-state index in [1.165, 1.54) is 17.0 Å². The Balaban J connectivity index is 2.03. The fourth-order valence-electron chi connectivity index (χ4n) is 4.05. The smallest absolute Gasteiger partial charge is 0.264 e. The van der Waals surface area contributed by atoms with Crippen molar-refractivity contribution in [3.05, 3.63) is 94.0 Å². The summed E-state index contributed by atoms with van der Waals surface area (Å²) in [6.45, 7) is 5.68. The van der Waals surface area contributed by atoms with Crippen LogP contribution < -0.4 is 9.62 Å².